The topological polar surface area (TPSA) is 193 Å². The molecule has 2 fully saturated rings. The number of nitrogens with two attached hydrogens (primary N) is 3. The van der Waals surface area contributed by atoms with Gasteiger partial charge in [-0.3, -0.25) is 4.31 Å². The number of nitrogens with zero attached hydrogens (tertiary/aromatic N) is 6. The molecule has 6 rings (SSSR count). The summed E-state index contributed by atoms with van der Waals surface area (Å²) >= 11 is 0. The number of benzene rings is 3. The summed E-state index contributed by atoms with van der Waals surface area (Å²) in [5.41, 5.74) is 20.8. The van der Waals surface area contributed by atoms with Gasteiger partial charge in [-0.15, -0.1) is 12.4 Å². The number of halogens is 1. The van der Waals surface area contributed by atoms with Gasteiger partial charge in [0, 0.05) is 56.1 Å². The second-order valence-corrected chi connectivity index (χ2v) is 13.6. The number of piperidine rings is 1. The molecule has 0 radical (unpaired) electrons. The van der Waals surface area contributed by atoms with E-state index < -0.39 is 10.0 Å². The molecule has 15 heteroatoms. The number of aromatic nitrogens is 3. The van der Waals surface area contributed by atoms with Crippen molar-refractivity contribution < 1.29 is 13.5 Å². The summed E-state index contributed by atoms with van der Waals surface area (Å²) in [6, 6.07) is 20.4. The molecule has 8 N–H and O–H groups in total. The van der Waals surface area contributed by atoms with E-state index in [0.717, 1.165) is 11.1 Å². The molecule has 2 saturated heterocycles. The van der Waals surface area contributed by atoms with E-state index in [9.17, 15) is 13.5 Å². The molecule has 2 aliphatic heterocycles. The lowest BCUT2D eigenvalue weighted by molar-refractivity contribution is 0.446. The summed E-state index contributed by atoms with van der Waals surface area (Å²) < 4.78 is 29.0. The Bertz CT molecular complexity index is 1750. The Hall–Kier alpha value is -4.21. The number of aromatic hydroxyl groups is 1. The van der Waals surface area contributed by atoms with E-state index in [0.29, 0.717) is 50.2 Å². The summed E-state index contributed by atoms with van der Waals surface area (Å²) in [5.74, 6) is 0.926. The third-order valence-corrected chi connectivity index (χ3v) is 9.65. The Labute approximate surface area is 274 Å². The Morgan fingerprint density at radius 1 is 0.848 bits per heavy atom. The first kappa shape index (κ1) is 33.2. The number of anilines is 5. The summed E-state index contributed by atoms with van der Waals surface area (Å²) in [6.07, 6.45) is 0.715. The fourth-order valence-corrected chi connectivity index (χ4v) is 7.00. The van der Waals surface area contributed by atoms with Crippen LogP contribution in [0.4, 0.5) is 29.2 Å². The van der Waals surface area contributed by atoms with Gasteiger partial charge < -0.3 is 37.4 Å². The summed E-state index contributed by atoms with van der Waals surface area (Å²) in [7, 11) is -4.03. The molecule has 3 aromatic carbocycles. The fourth-order valence-electron chi connectivity index (χ4n) is 5.54. The largest absolute Gasteiger partial charge is 0.506 e. The molecule has 244 valence electrons. The molecular weight excluding hydrogens is 628 g/mol. The van der Waals surface area contributed by atoms with Crippen LogP contribution in [0, 0.1) is 6.92 Å². The minimum atomic E-state index is -4.03. The van der Waals surface area contributed by atoms with Gasteiger partial charge in [0.05, 0.1) is 17.1 Å². The summed E-state index contributed by atoms with van der Waals surface area (Å²) in [5, 5.41) is 14.4. The molecule has 0 bridgehead atoms. The molecule has 0 spiro atoms. The van der Waals surface area contributed by atoms with Crippen LogP contribution in [0.15, 0.2) is 77.7 Å². The van der Waals surface area contributed by atoms with Crippen molar-refractivity contribution in [1.29, 1.82) is 0 Å². The molecule has 13 nitrogen and oxygen atoms in total. The highest BCUT2D eigenvalue weighted by Crippen LogP contribution is 2.36. The van der Waals surface area contributed by atoms with Crippen LogP contribution in [0.1, 0.15) is 17.5 Å². The van der Waals surface area contributed by atoms with Crippen LogP contribution in [-0.2, 0) is 16.6 Å². The molecule has 0 amide bonds. The number of aryl methyl sites for hydroxylation is 1. The van der Waals surface area contributed by atoms with Crippen molar-refractivity contribution in [3.8, 4) is 5.75 Å². The number of hydrogen-bond donors (Lipinski definition) is 5. The minimum absolute atomic E-state index is 0. The lowest BCUT2D eigenvalue weighted by atomic mass is 10.0. The zero-order valence-electron chi connectivity index (χ0n) is 25.4. The SMILES string of the molecule is Cc1ccc(S(=O)(=O)N(Cc2ccccc2)c2ccc(Nc3nc(N4CC(N)C4)nc(N4C[C@H](N)C[C@H](N)C4)n3)cc2O)cc1.Cl. The van der Waals surface area contributed by atoms with Crippen molar-refractivity contribution in [2.75, 3.05) is 45.6 Å². The number of sulfonamides is 1. The highest BCUT2D eigenvalue weighted by molar-refractivity contribution is 7.92. The Kier molecular flexibility index (Phi) is 9.84. The lowest BCUT2D eigenvalue weighted by Crippen LogP contribution is -2.56. The van der Waals surface area contributed by atoms with Crippen LogP contribution >= 0.6 is 12.4 Å². The fraction of sp³-hybridized carbons (Fsp3) is 0.323. The van der Waals surface area contributed by atoms with Gasteiger partial charge in [0.15, 0.2) is 0 Å². The number of nitrogens with one attached hydrogen (secondary N) is 1. The Morgan fingerprint density at radius 2 is 1.43 bits per heavy atom. The van der Waals surface area contributed by atoms with Crippen molar-refractivity contribution in [3.05, 3.63) is 83.9 Å². The van der Waals surface area contributed by atoms with E-state index >= 15 is 0 Å². The summed E-state index contributed by atoms with van der Waals surface area (Å²) in [6.45, 7) is 4.25. The molecule has 3 heterocycles. The first-order valence-electron chi connectivity index (χ1n) is 14.8. The van der Waals surface area contributed by atoms with Gasteiger partial charge in [-0.05, 0) is 43.2 Å². The number of rotatable bonds is 9. The van der Waals surface area contributed by atoms with Gasteiger partial charge in [-0.1, -0.05) is 48.0 Å². The predicted octanol–water partition coefficient (Wildman–Crippen LogP) is 2.46. The maximum Gasteiger partial charge on any atom is 0.264 e. The van der Waals surface area contributed by atoms with Gasteiger partial charge >= 0.3 is 0 Å². The van der Waals surface area contributed by atoms with Gasteiger partial charge in [-0.25, -0.2) is 8.42 Å². The van der Waals surface area contributed by atoms with Crippen molar-refractivity contribution >= 4 is 51.7 Å². The molecule has 0 unspecified atom stereocenters. The van der Waals surface area contributed by atoms with Crippen molar-refractivity contribution in [3.63, 3.8) is 0 Å². The van der Waals surface area contributed by atoms with Gasteiger partial charge in [0.25, 0.3) is 10.0 Å². The molecule has 2 aliphatic rings. The smallest absolute Gasteiger partial charge is 0.264 e. The normalized spacial score (nSPS) is 18.4. The van der Waals surface area contributed by atoms with E-state index in [2.05, 4.69) is 20.3 Å². The molecule has 0 aliphatic carbocycles. The van der Waals surface area contributed by atoms with Crippen LogP contribution in [-0.4, -0.2) is 72.8 Å². The highest BCUT2D eigenvalue weighted by atomic mass is 35.5. The predicted molar refractivity (Wildman–Crippen MR) is 182 cm³/mol. The maximum atomic E-state index is 13.9. The molecule has 2 atom stereocenters. The van der Waals surface area contributed by atoms with Gasteiger partial charge in [0.2, 0.25) is 17.8 Å². The first-order valence-corrected chi connectivity index (χ1v) is 16.3. The quantitative estimate of drug-likeness (QED) is 0.175. The van der Waals surface area contributed by atoms with Crippen molar-refractivity contribution in [2.45, 2.75) is 42.9 Å². The summed E-state index contributed by atoms with van der Waals surface area (Å²) in [4.78, 5) is 18.0. The van der Waals surface area contributed by atoms with Crippen molar-refractivity contribution in [2.24, 2.45) is 17.2 Å². The first-order chi connectivity index (χ1) is 21.5. The standard InChI is InChI=1S/C31H38N10O3S.ClH/c1-20-7-10-26(11-8-20)45(43,44)41(15-21-5-3-2-4-6-21)27-12-9-25(14-28(27)42)35-29-36-30(39-16-22(32)13-23(33)17-39)38-31(37-29)40-18-24(34)19-40;/h2-12,14,22-24,42H,13,15-19,32-34H2,1H3,(H,35,36,37,38);1H/t22-,23+;. The van der Waals surface area contributed by atoms with Crippen molar-refractivity contribution in [1.82, 2.24) is 15.0 Å². The van der Waals surface area contributed by atoms with Crippen LogP contribution in [0.25, 0.3) is 0 Å². The third kappa shape index (κ3) is 7.26. The average Bonchev–Trinajstić information content (AvgIpc) is 2.99. The van der Waals surface area contributed by atoms with E-state index in [4.69, 9.17) is 17.2 Å². The highest BCUT2D eigenvalue weighted by Gasteiger charge is 2.30. The third-order valence-electron chi connectivity index (χ3n) is 7.88. The van der Waals surface area contributed by atoms with E-state index in [1.54, 1.807) is 36.4 Å². The van der Waals surface area contributed by atoms with Gasteiger partial charge in [-0.2, -0.15) is 15.0 Å². The second kappa shape index (κ2) is 13.6. The van der Waals surface area contributed by atoms with E-state index in [1.807, 2.05) is 47.1 Å². The molecule has 1 aromatic heterocycles. The monoisotopic (exact) mass is 666 g/mol. The second-order valence-electron chi connectivity index (χ2n) is 11.7. The zero-order chi connectivity index (χ0) is 31.7. The molecule has 4 aromatic rings. The molecule has 0 saturated carbocycles. The van der Waals surface area contributed by atoms with Gasteiger partial charge in [0.1, 0.15) is 5.75 Å². The Balaban J connectivity index is 0.00000417. The number of hydrogen-bond acceptors (Lipinski definition) is 12. The number of phenols is 1. The molecular formula is C31H39ClN10O3S. The minimum Gasteiger partial charge on any atom is -0.506 e. The maximum absolute atomic E-state index is 13.9. The van der Waals surface area contributed by atoms with Crippen LogP contribution in [0.5, 0.6) is 5.75 Å². The van der Waals surface area contributed by atoms with E-state index in [1.165, 1.54) is 10.4 Å². The van der Waals surface area contributed by atoms with E-state index in [-0.39, 0.29) is 59.4 Å². The van der Waals surface area contributed by atoms with Crippen LogP contribution < -0.4 is 36.6 Å². The number of phenolic OH excluding ortho intramolecular Hbond substituents is 1. The lowest BCUT2D eigenvalue weighted by Gasteiger charge is -2.38. The van der Waals surface area contributed by atoms with Crippen LogP contribution in [0.3, 0.4) is 0 Å². The molecule has 46 heavy (non-hydrogen) atoms. The average molecular weight is 667 g/mol. The Morgan fingerprint density at radius 3 is 2.00 bits per heavy atom. The van der Waals surface area contributed by atoms with Crippen LogP contribution in [0.2, 0.25) is 0 Å². The zero-order valence-corrected chi connectivity index (χ0v) is 27.0.